The van der Waals surface area contributed by atoms with Crippen LogP contribution in [0.3, 0.4) is 0 Å². The molecule has 0 aliphatic rings. The van der Waals surface area contributed by atoms with Crippen LogP contribution >= 0.6 is 11.6 Å². The van der Waals surface area contributed by atoms with Gasteiger partial charge in [0.15, 0.2) is 0 Å². The fourth-order valence-electron chi connectivity index (χ4n) is 2.87. The molecule has 27 heavy (non-hydrogen) atoms. The van der Waals surface area contributed by atoms with Gasteiger partial charge < -0.3 is 9.84 Å². The number of aliphatic carboxylic acids is 1. The van der Waals surface area contributed by atoms with Gasteiger partial charge in [0, 0.05) is 22.2 Å². The molecule has 6 nitrogen and oxygen atoms in total. The number of pyridine rings is 1. The number of carboxylic acids is 1. The average molecular weight is 389 g/mol. The monoisotopic (exact) mass is 388 g/mol. The summed E-state index contributed by atoms with van der Waals surface area (Å²) in [6.45, 7) is 5.72. The molecule has 142 valence electrons. The molecule has 0 saturated carbocycles. The van der Waals surface area contributed by atoms with E-state index in [2.05, 4.69) is 6.07 Å². The molecule has 2 aromatic rings. The van der Waals surface area contributed by atoms with Crippen LogP contribution in [0.25, 0.3) is 11.1 Å². The standard InChI is InChI=1S/C20H21ClN2O4/c1-20(2,3)9-16(19(25)26)23-11-17(27-4)15(8-18(23)24)14-7-13(21)6-5-12(14)10-22/h5-8,11,16H,9H2,1-4H3,(H,25,26). The van der Waals surface area contributed by atoms with Gasteiger partial charge in [-0.25, -0.2) is 4.79 Å². The van der Waals surface area contributed by atoms with Crippen LogP contribution in [-0.4, -0.2) is 22.8 Å². The summed E-state index contributed by atoms with van der Waals surface area (Å²) in [7, 11) is 1.42. The molecule has 1 aromatic heterocycles. The van der Waals surface area contributed by atoms with Crippen LogP contribution in [0.2, 0.25) is 5.02 Å². The zero-order chi connectivity index (χ0) is 20.4. The Hall–Kier alpha value is -2.78. The Labute approximate surface area is 162 Å². The van der Waals surface area contributed by atoms with E-state index >= 15 is 0 Å². The first kappa shape index (κ1) is 20.5. The maximum atomic E-state index is 12.7. The lowest BCUT2D eigenvalue weighted by atomic mass is 9.88. The predicted molar refractivity (Wildman–Crippen MR) is 103 cm³/mol. The van der Waals surface area contributed by atoms with Crippen molar-refractivity contribution in [2.45, 2.75) is 33.2 Å². The molecular weight excluding hydrogens is 368 g/mol. The summed E-state index contributed by atoms with van der Waals surface area (Å²) in [5.74, 6) is -0.809. The van der Waals surface area contributed by atoms with Crippen molar-refractivity contribution in [2.75, 3.05) is 7.11 Å². The molecule has 7 heteroatoms. The summed E-state index contributed by atoms with van der Waals surface area (Å²) in [5.41, 5.74) is 0.382. The molecule has 0 spiro atoms. The van der Waals surface area contributed by atoms with Crippen LogP contribution in [0.1, 0.15) is 38.8 Å². The number of halogens is 1. The van der Waals surface area contributed by atoms with Crippen LogP contribution in [0.15, 0.2) is 35.3 Å². The van der Waals surface area contributed by atoms with E-state index in [1.54, 1.807) is 18.2 Å². The van der Waals surface area contributed by atoms with Gasteiger partial charge in [-0.1, -0.05) is 32.4 Å². The summed E-state index contributed by atoms with van der Waals surface area (Å²) in [5, 5.41) is 19.4. The summed E-state index contributed by atoms with van der Waals surface area (Å²) in [6.07, 6.45) is 1.65. The average Bonchev–Trinajstić information content (AvgIpc) is 2.58. The maximum Gasteiger partial charge on any atom is 0.326 e. The highest BCUT2D eigenvalue weighted by Crippen LogP contribution is 2.34. The highest BCUT2D eigenvalue weighted by atomic mass is 35.5. The van der Waals surface area contributed by atoms with E-state index in [1.807, 2.05) is 20.8 Å². The Balaban J connectivity index is 2.69. The Bertz CT molecular complexity index is 967. The first-order valence-electron chi connectivity index (χ1n) is 8.30. The van der Waals surface area contributed by atoms with Crippen molar-refractivity contribution in [2.24, 2.45) is 5.41 Å². The highest BCUT2D eigenvalue weighted by molar-refractivity contribution is 6.31. The van der Waals surface area contributed by atoms with Crippen LogP contribution in [0.5, 0.6) is 5.75 Å². The van der Waals surface area contributed by atoms with E-state index in [0.717, 1.165) is 4.57 Å². The molecule has 0 saturated heterocycles. The third kappa shape index (κ3) is 4.69. The number of hydrogen-bond donors (Lipinski definition) is 1. The maximum absolute atomic E-state index is 12.7. The molecule has 0 amide bonds. The van der Waals surface area contributed by atoms with Gasteiger partial charge >= 0.3 is 5.97 Å². The third-order valence-corrected chi connectivity index (χ3v) is 4.32. The van der Waals surface area contributed by atoms with Crippen molar-refractivity contribution in [3.63, 3.8) is 0 Å². The Morgan fingerprint density at radius 1 is 1.33 bits per heavy atom. The van der Waals surface area contributed by atoms with Gasteiger partial charge in [-0.05, 0) is 30.0 Å². The van der Waals surface area contributed by atoms with Gasteiger partial charge in [0.25, 0.3) is 5.56 Å². The largest absolute Gasteiger partial charge is 0.495 e. The van der Waals surface area contributed by atoms with Gasteiger partial charge in [-0.3, -0.25) is 9.36 Å². The van der Waals surface area contributed by atoms with Crippen LogP contribution in [0, 0.1) is 16.7 Å². The summed E-state index contributed by atoms with van der Waals surface area (Å²) >= 11 is 6.04. The fourth-order valence-corrected chi connectivity index (χ4v) is 3.04. The van der Waals surface area contributed by atoms with E-state index < -0.39 is 17.6 Å². The minimum Gasteiger partial charge on any atom is -0.495 e. The van der Waals surface area contributed by atoms with Gasteiger partial charge in [0.2, 0.25) is 0 Å². The predicted octanol–water partition coefficient (Wildman–Crippen LogP) is 4.11. The van der Waals surface area contributed by atoms with Crippen molar-refractivity contribution < 1.29 is 14.6 Å². The topological polar surface area (TPSA) is 92.3 Å². The summed E-state index contributed by atoms with van der Waals surface area (Å²) in [6, 6.07) is 7.03. The normalized spacial score (nSPS) is 12.3. The number of ether oxygens (including phenoxy) is 1. The minimum absolute atomic E-state index is 0.269. The zero-order valence-electron chi connectivity index (χ0n) is 15.6. The summed E-state index contributed by atoms with van der Waals surface area (Å²) < 4.78 is 6.55. The Morgan fingerprint density at radius 2 is 2.00 bits per heavy atom. The number of nitrogens with zero attached hydrogens (tertiary/aromatic N) is 2. The van der Waals surface area contributed by atoms with Crippen molar-refractivity contribution in [3.05, 3.63) is 51.4 Å². The summed E-state index contributed by atoms with van der Waals surface area (Å²) in [4.78, 5) is 24.5. The fraction of sp³-hybridized carbons (Fsp3) is 0.350. The number of carbonyl (C=O) groups is 1. The molecule has 0 aliphatic heterocycles. The Kier molecular flexibility index (Phi) is 5.97. The minimum atomic E-state index is -1.10. The lowest BCUT2D eigenvalue weighted by molar-refractivity contribution is -0.142. The molecule has 1 unspecified atom stereocenters. The SMILES string of the molecule is COc1cn(C(CC(C)(C)C)C(=O)O)c(=O)cc1-c1cc(Cl)ccc1C#N. The number of hydrogen-bond acceptors (Lipinski definition) is 4. The molecule has 1 heterocycles. The number of aromatic nitrogens is 1. The second-order valence-electron chi connectivity index (χ2n) is 7.42. The molecule has 0 bridgehead atoms. The first-order valence-corrected chi connectivity index (χ1v) is 8.68. The van der Waals surface area contributed by atoms with Gasteiger partial charge in [-0.2, -0.15) is 5.26 Å². The van der Waals surface area contributed by atoms with Crippen molar-refractivity contribution in [3.8, 4) is 22.9 Å². The van der Waals surface area contributed by atoms with Crippen LogP contribution in [-0.2, 0) is 4.79 Å². The van der Waals surface area contributed by atoms with E-state index in [1.165, 1.54) is 19.4 Å². The van der Waals surface area contributed by atoms with Gasteiger partial charge in [-0.15, -0.1) is 0 Å². The lowest BCUT2D eigenvalue weighted by Gasteiger charge is -2.25. The van der Waals surface area contributed by atoms with Crippen molar-refractivity contribution >= 4 is 17.6 Å². The molecule has 1 atom stereocenters. The molecule has 1 N–H and O–H groups in total. The quantitative estimate of drug-likeness (QED) is 0.831. The lowest BCUT2D eigenvalue weighted by Crippen LogP contribution is -2.32. The first-order chi connectivity index (χ1) is 12.6. The third-order valence-electron chi connectivity index (χ3n) is 4.08. The number of rotatable bonds is 5. The number of carboxylic acid groups (broad SMARTS) is 1. The van der Waals surface area contributed by atoms with E-state index in [-0.39, 0.29) is 17.6 Å². The Morgan fingerprint density at radius 3 is 2.52 bits per heavy atom. The highest BCUT2D eigenvalue weighted by Gasteiger charge is 2.28. The van der Waals surface area contributed by atoms with Crippen molar-refractivity contribution in [1.82, 2.24) is 4.57 Å². The molecule has 0 fully saturated rings. The van der Waals surface area contributed by atoms with Crippen molar-refractivity contribution in [1.29, 1.82) is 5.26 Å². The van der Waals surface area contributed by atoms with Crippen LogP contribution in [0.4, 0.5) is 0 Å². The molecular formula is C20H21ClN2O4. The van der Waals surface area contributed by atoms with E-state index in [0.29, 0.717) is 21.7 Å². The second-order valence-corrected chi connectivity index (χ2v) is 7.86. The molecule has 1 aromatic carbocycles. The second kappa shape index (κ2) is 7.85. The number of benzene rings is 1. The number of methoxy groups -OCH3 is 1. The number of nitriles is 1. The van der Waals surface area contributed by atoms with Gasteiger partial charge in [0.05, 0.1) is 24.9 Å². The van der Waals surface area contributed by atoms with Gasteiger partial charge in [0.1, 0.15) is 11.8 Å². The van der Waals surface area contributed by atoms with E-state index in [4.69, 9.17) is 16.3 Å². The van der Waals surface area contributed by atoms with Crippen LogP contribution < -0.4 is 10.3 Å². The smallest absolute Gasteiger partial charge is 0.326 e. The molecule has 0 aliphatic carbocycles. The zero-order valence-corrected chi connectivity index (χ0v) is 16.4. The molecule has 0 radical (unpaired) electrons. The van der Waals surface area contributed by atoms with E-state index in [9.17, 15) is 20.0 Å². The molecule has 2 rings (SSSR count).